The minimum absolute atomic E-state index is 0.0497. The third-order valence-electron chi connectivity index (χ3n) is 2.99. The molecular weight excluding hydrogens is 258 g/mol. The largest absolute Gasteiger partial charge is 0.376 e. The molecule has 0 bridgehead atoms. The highest BCUT2D eigenvalue weighted by Gasteiger charge is 2.10. The van der Waals surface area contributed by atoms with E-state index in [2.05, 4.69) is 16.4 Å². The van der Waals surface area contributed by atoms with Crippen LogP contribution in [0.2, 0.25) is 5.15 Å². The Hall–Kier alpha value is -2.05. The lowest BCUT2D eigenvalue weighted by Crippen LogP contribution is -2.08. The topological polar surface area (TPSA) is 48.7 Å². The van der Waals surface area contributed by atoms with E-state index < -0.39 is 0 Å². The Balaban J connectivity index is 2.26. The van der Waals surface area contributed by atoms with Crippen LogP contribution in [0.1, 0.15) is 29.7 Å². The first-order chi connectivity index (χ1) is 9.11. The second-order valence-corrected chi connectivity index (χ2v) is 4.75. The van der Waals surface area contributed by atoms with Crippen LogP contribution in [0.3, 0.4) is 0 Å². The van der Waals surface area contributed by atoms with Crippen molar-refractivity contribution in [1.29, 1.82) is 5.26 Å². The van der Waals surface area contributed by atoms with Crippen molar-refractivity contribution in [3.63, 3.8) is 0 Å². The van der Waals surface area contributed by atoms with Gasteiger partial charge in [-0.3, -0.25) is 0 Å². The summed E-state index contributed by atoms with van der Waals surface area (Å²) < 4.78 is 0. The highest BCUT2D eigenvalue weighted by atomic mass is 35.5. The molecule has 2 rings (SSSR count). The van der Waals surface area contributed by atoms with Gasteiger partial charge in [0.05, 0.1) is 17.3 Å². The predicted molar refractivity (Wildman–Crippen MR) is 77.2 cm³/mol. The number of aromatic nitrogens is 1. The van der Waals surface area contributed by atoms with Crippen molar-refractivity contribution < 1.29 is 0 Å². The summed E-state index contributed by atoms with van der Waals surface area (Å²) in [5.41, 5.74) is 3.57. The van der Waals surface area contributed by atoms with Crippen molar-refractivity contribution in [1.82, 2.24) is 4.98 Å². The van der Waals surface area contributed by atoms with Gasteiger partial charge in [0.2, 0.25) is 0 Å². The number of nitriles is 1. The maximum absolute atomic E-state index is 8.92. The van der Waals surface area contributed by atoms with Crippen LogP contribution in [0.4, 0.5) is 5.69 Å². The fourth-order valence-corrected chi connectivity index (χ4v) is 2.14. The molecule has 19 heavy (non-hydrogen) atoms. The molecule has 1 N–H and O–H groups in total. The van der Waals surface area contributed by atoms with Crippen LogP contribution in [0.15, 0.2) is 36.5 Å². The highest BCUT2D eigenvalue weighted by Crippen LogP contribution is 2.27. The molecule has 0 fully saturated rings. The summed E-state index contributed by atoms with van der Waals surface area (Å²) in [4.78, 5) is 4.07. The summed E-state index contributed by atoms with van der Waals surface area (Å²) in [6.45, 7) is 4.01. The number of halogens is 1. The van der Waals surface area contributed by atoms with Crippen LogP contribution in [0.25, 0.3) is 0 Å². The number of aryl methyl sites for hydroxylation is 1. The molecule has 0 aliphatic carbocycles. The monoisotopic (exact) mass is 271 g/mol. The van der Waals surface area contributed by atoms with E-state index in [1.165, 1.54) is 0 Å². The molecule has 4 heteroatoms. The first-order valence-electron chi connectivity index (χ1n) is 5.99. The molecule has 0 aliphatic heterocycles. The Labute approximate surface area is 117 Å². The van der Waals surface area contributed by atoms with E-state index in [1.54, 1.807) is 12.3 Å². The van der Waals surface area contributed by atoms with Gasteiger partial charge in [0.1, 0.15) is 0 Å². The molecule has 1 unspecified atom stereocenters. The van der Waals surface area contributed by atoms with Gasteiger partial charge in [-0.25, -0.2) is 4.98 Å². The van der Waals surface area contributed by atoms with Crippen LogP contribution in [-0.2, 0) is 0 Å². The van der Waals surface area contributed by atoms with E-state index in [1.807, 2.05) is 38.1 Å². The minimum Gasteiger partial charge on any atom is -0.376 e. The normalized spacial score (nSPS) is 11.7. The molecule has 96 valence electrons. The van der Waals surface area contributed by atoms with Gasteiger partial charge in [0.15, 0.2) is 5.15 Å². The first kappa shape index (κ1) is 13.4. The van der Waals surface area contributed by atoms with Crippen LogP contribution in [0.5, 0.6) is 0 Å². The van der Waals surface area contributed by atoms with Gasteiger partial charge >= 0.3 is 0 Å². The second kappa shape index (κ2) is 5.73. The van der Waals surface area contributed by atoms with Gasteiger partial charge in [0, 0.05) is 12.2 Å². The fraction of sp³-hybridized carbons (Fsp3) is 0.200. The smallest absolute Gasteiger partial charge is 0.152 e. The lowest BCUT2D eigenvalue weighted by molar-refractivity contribution is 0.880. The van der Waals surface area contributed by atoms with Crippen molar-refractivity contribution in [2.45, 2.75) is 19.9 Å². The number of nitrogens with zero attached hydrogens (tertiary/aromatic N) is 2. The molecule has 0 amide bonds. The number of hydrogen-bond donors (Lipinski definition) is 1. The number of anilines is 1. The average molecular weight is 272 g/mol. The number of nitrogens with one attached hydrogen (secondary N) is 1. The van der Waals surface area contributed by atoms with Crippen LogP contribution in [0, 0.1) is 18.3 Å². The van der Waals surface area contributed by atoms with Gasteiger partial charge in [-0.1, -0.05) is 23.7 Å². The van der Waals surface area contributed by atoms with Crippen molar-refractivity contribution in [2.75, 3.05) is 5.32 Å². The molecule has 0 saturated heterocycles. The van der Waals surface area contributed by atoms with Crippen molar-refractivity contribution in [3.8, 4) is 6.07 Å². The zero-order valence-electron chi connectivity index (χ0n) is 10.8. The second-order valence-electron chi connectivity index (χ2n) is 4.40. The van der Waals surface area contributed by atoms with E-state index in [0.717, 1.165) is 16.8 Å². The molecule has 0 saturated carbocycles. The van der Waals surface area contributed by atoms with E-state index in [4.69, 9.17) is 16.9 Å². The van der Waals surface area contributed by atoms with Gasteiger partial charge in [-0.2, -0.15) is 5.26 Å². The van der Waals surface area contributed by atoms with Crippen molar-refractivity contribution in [3.05, 3.63) is 58.4 Å². The van der Waals surface area contributed by atoms with E-state index >= 15 is 0 Å². The quantitative estimate of drug-likeness (QED) is 0.856. The molecule has 2 aromatic rings. The highest BCUT2D eigenvalue weighted by molar-refractivity contribution is 6.32. The van der Waals surface area contributed by atoms with E-state index in [0.29, 0.717) is 10.7 Å². The summed E-state index contributed by atoms with van der Waals surface area (Å²) in [5, 5.41) is 12.7. The Morgan fingerprint density at radius 2 is 2.16 bits per heavy atom. The predicted octanol–water partition coefficient (Wildman–Crippen LogP) is 4.09. The van der Waals surface area contributed by atoms with E-state index in [9.17, 15) is 0 Å². The summed E-state index contributed by atoms with van der Waals surface area (Å²) >= 11 is 6.09. The number of rotatable bonds is 3. The van der Waals surface area contributed by atoms with Crippen molar-refractivity contribution in [2.24, 2.45) is 0 Å². The summed E-state index contributed by atoms with van der Waals surface area (Å²) in [6.07, 6.45) is 1.68. The van der Waals surface area contributed by atoms with Gasteiger partial charge < -0.3 is 5.32 Å². The average Bonchev–Trinajstić information content (AvgIpc) is 2.43. The van der Waals surface area contributed by atoms with Crippen LogP contribution < -0.4 is 5.32 Å². The molecule has 1 aromatic carbocycles. The maximum atomic E-state index is 8.92. The van der Waals surface area contributed by atoms with Crippen LogP contribution >= 0.6 is 11.6 Å². The van der Waals surface area contributed by atoms with Crippen molar-refractivity contribution >= 4 is 17.3 Å². The number of pyridine rings is 1. The van der Waals surface area contributed by atoms with Gasteiger partial charge in [-0.15, -0.1) is 0 Å². The Kier molecular flexibility index (Phi) is 4.03. The third kappa shape index (κ3) is 3.04. The first-order valence-corrected chi connectivity index (χ1v) is 6.37. The standard InChI is InChI=1S/C15H14ClN3/c1-10-6-7-18-15(16)14(10)19-11(2)13-5-3-4-12(8-13)9-17/h3-8,11,19H,1-2H3. The summed E-state index contributed by atoms with van der Waals surface area (Å²) in [7, 11) is 0. The zero-order chi connectivity index (χ0) is 13.8. The van der Waals surface area contributed by atoms with Crippen LogP contribution in [-0.4, -0.2) is 4.98 Å². The molecule has 1 aromatic heterocycles. The summed E-state index contributed by atoms with van der Waals surface area (Å²) in [5.74, 6) is 0. The molecule has 1 atom stereocenters. The molecular formula is C15H14ClN3. The van der Waals surface area contributed by atoms with E-state index in [-0.39, 0.29) is 6.04 Å². The summed E-state index contributed by atoms with van der Waals surface area (Å²) in [6, 6.07) is 11.6. The molecule has 0 spiro atoms. The maximum Gasteiger partial charge on any atom is 0.152 e. The lowest BCUT2D eigenvalue weighted by atomic mass is 10.1. The third-order valence-corrected chi connectivity index (χ3v) is 3.28. The zero-order valence-corrected chi connectivity index (χ0v) is 11.6. The Bertz CT molecular complexity index is 611. The molecule has 0 radical (unpaired) electrons. The fourth-order valence-electron chi connectivity index (χ4n) is 1.88. The lowest BCUT2D eigenvalue weighted by Gasteiger charge is -2.18. The molecule has 1 heterocycles. The number of hydrogen-bond acceptors (Lipinski definition) is 3. The molecule has 3 nitrogen and oxygen atoms in total. The number of benzene rings is 1. The van der Waals surface area contributed by atoms with Gasteiger partial charge in [0.25, 0.3) is 0 Å². The SMILES string of the molecule is Cc1ccnc(Cl)c1NC(C)c1cccc(C#N)c1. The molecule has 0 aliphatic rings. The van der Waals surface area contributed by atoms with Gasteiger partial charge in [-0.05, 0) is 43.2 Å². The Morgan fingerprint density at radius 1 is 1.37 bits per heavy atom. The minimum atomic E-state index is 0.0497. The Morgan fingerprint density at radius 3 is 2.84 bits per heavy atom.